The van der Waals surface area contributed by atoms with Gasteiger partial charge in [0.1, 0.15) is 5.82 Å². The van der Waals surface area contributed by atoms with E-state index in [-0.39, 0.29) is 24.0 Å². The van der Waals surface area contributed by atoms with Gasteiger partial charge in [0.2, 0.25) is 0 Å². The van der Waals surface area contributed by atoms with E-state index in [2.05, 4.69) is 50.5 Å². The summed E-state index contributed by atoms with van der Waals surface area (Å²) in [5.74, 6) is 1.67. The minimum Gasteiger partial charge on any atom is -0.335 e. The highest BCUT2D eigenvalue weighted by molar-refractivity contribution is 14.0. The second-order valence-corrected chi connectivity index (χ2v) is 3.34. The van der Waals surface area contributed by atoms with E-state index in [1.165, 1.54) is 11.4 Å². The number of hydrogen-bond acceptors (Lipinski definition) is 1. The maximum Gasteiger partial charge on any atom is 0.105 e. The summed E-state index contributed by atoms with van der Waals surface area (Å²) in [5.41, 5.74) is 2.52. The van der Waals surface area contributed by atoms with Gasteiger partial charge in [0, 0.05) is 12.7 Å². The molecule has 0 atom stereocenters. The molecule has 0 aliphatic carbocycles. The van der Waals surface area contributed by atoms with Crippen LogP contribution in [-0.4, -0.2) is 9.55 Å². The zero-order valence-electron chi connectivity index (χ0n) is 9.79. The lowest BCUT2D eigenvalue weighted by Crippen LogP contribution is -2.00. The molecule has 0 aliphatic heterocycles. The van der Waals surface area contributed by atoms with E-state index in [1.807, 2.05) is 6.92 Å². The average Bonchev–Trinajstić information content (AvgIpc) is 2.30. The Morgan fingerprint density at radius 1 is 1.21 bits per heavy atom. The Balaban J connectivity index is 0. The van der Waals surface area contributed by atoms with Gasteiger partial charge >= 0.3 is 0 Å². The molecule has 0 saturated heterocycles. The standard InChI is InChI=1S/C9H16N2.C2H4.HI/c1-6(2)9-7(3)10-8(4)11(9)5;1-2;/h6H,1-5H3;1-2H2;1H. The van der Waals surface area contributed by atoms with Gasteiger partial charge in [-0.2, -0.15) is 0 Å². The highest BCUT2D eigenvalue weighted by Crippen LogP contribution is 2.18. The molecular weight excluding hydrogens is 287 g/mol. The monoisotopic (exact) mass is 308 g/mol. The maximum atomic E-state index is 4.39. The summed E-state index contributed by atoms with van der Waals surface area (Å²) >= 11 is 0. The summed E-state index contributed by atoms with van der Waals surface area (Å²) in [5, 5.41) is 0. The van der Waals surface area contributed by atoms with Crippen LogP contribution in [0.25, 0.3) is 0 Å². The largest absolute Gasteiger partial charge is 0.335 e. The molecule has 0 spiro atoms. The van der Waals surface area contributed by atoms with Crippen molar-refractivity contribution in [3.05, 3.63) is 30.4 Å². The fourth-order valence-electron chi connectivity index (χ4n) is 1.60. The number of halogens is 1. The lowest BCUT2D eigenvalue weighted by atomic mass is 10.1. The summed E-state index contributed by atoms with van der Waals surface area (Å²) < 4.78 is 2.17. The van der Waals surface area contributed by atoms with Crippen LogP contribution in [0.4, 0.5) is 0 Å². The summed E-state index contributed by atoms with van der Waals surface area (Å²) in [6, 6.07) is 0. The topological polar surface area (TPSA) is 17.8 Å². The molecule has 1 aromatic heterocycles. The molecule has 0 bridgehead atoms. The predicted molar refractivity (Wildman–Crippen MR) is 73.4 cm³/mol. The van der Waals surface area contributed by atoms with Gasteiger partial charge in [0.15, 0.2) is 0 Å². The summed E-state index contributed by atoms with van der Waals surface area (Å²) in [7, 11) is 2.07. The first kappa shape index (κ1) is 16.1. The third-order valence-electron chi connectivity index (χ3n) is 2.09. The molecule has 82 valence electrons. The van der Waals surface area contributed by atoms with Crippen LogP contribution in [0.2, 0.25) is 0 Å². The quantitative estimate of drug-likeness (QED) is 0.573. The van der Waals surface area contributed by atoms with Gasteiger partial charge in [0.25, 0.3) is 0 Å². The zero-order valence-corrected chi connectivity index (χ0v) is 12.1. The molecule has 14 heavy (non-hydrogen) atoms. The lowest BCUT2D eigenvalue weighted by molar-refractivity contribution is 0.720. The van der Waals surface area contributed by atoms with Gasteiger partial charge in [0.05, 0.1) is 5.69 Å². The Morgan fingerprint density at radius 3 is 1.79 bits per heavy atom. The van der Waals surface area contributed by atoms with Crippen molar-refractivity contribution in [1.29, 1.82) is 0 Å². The van der Waals surface area contributed by atoms with Gasteiger partial charge in [-0.05, 0) is 19.8 Å². The molecule has 1 heterocycles. The van der Waals surface area contributed by atoms with Gasteiger partial charge in [-0.1, -0.05) is 13.8 Å². The van der Waals surface area contributed by atoms with Crippen molar-refractivity contribution < 1.29 is 0 Å². The Labute approximate surface area is 104 Å². The van der Waals surface area contributed by atoms with Crippen LogP contribution >= 0.6 is 24.0 Å². The van der Waals surface area contributed by atoms with E-state index >= 15 is 0 Å². The molecule has 2 nitrogen and oxygen atoms in total. The zero-order chi connectivity index (χ0) is 10.6. The van der Waals surface area contributed by atoms with Crippen LogP contribution in [0, 0.1) is 13.8 Å². The third kappa shape index (κ3) is 3.44. The molecule has 3 heteroatoms. The van der Waals surface area contributed by atoms with Crippen molar-refractivity contribution in [3.63, 3.8) is 0 Å². The van der Waals surface area contributed by atoms with Crippen LogP contribution in [0.15, 0.2) is 13.2 Å². The number of aryl methyl sites for hydroxylation is 2. The minimum atomic E-state index is 0. The predicted octanol–water partition coefficient (Wildman–Crippen LogP) is 3.58. The first-order chi connectivity index (χ1) is 6.04. The van der Waals surface area contributed by atoms with Crippen molar-refractivity contribution in [2.24, 2.45) is 7.05 Å². The van der Waals surface area contributed by atoms with Crippen LogP contribution in [0.3, 0.4) is 0 Å². The molecular formula is C11H21IN2. The maximum absolute atomic E-state index is 4.39. The van der Waals surface area contributed by atoms with Crippen LogP contribution in [-0.2, 0) is 7.05 Å². The Kier molecular flexibility index (Phi) is 8.10. The Bertz CT molecular complexity index is 277. The summed E-state index contributed by atoms with van der Waals surface area (Å²) in [6.07, 6.45) is 0. The van der Waals surface area contributed by atoms with E-state index in [0.717, 1.165) is 5.82 Å². The summed E-state index contributed by atoms with van der Waals surface area (Å²) in [6.45, 7) is 14.5. The van der Waals surface area contributed by atoms with Gasteiger partial charge in [-0.25, -0.2) is 4.98 Å². The number of hydrogen-bond donors (Lipinski definition) is 0. The van der Waals surface area contributed by atoms with Crippen LogP contribution < -0.4 is 0 Å². The van der Waals surface area contributed by atoms with E-state index in [1.54, 1.807) is 0 Å². The highest BCUT2D eigenvalue weighted by Gasteiger charge is 2.10. The molecule has 0 N–H and O–H groups in total. The van der Waals surface area contributed by atoms with Crippen molar-refractivity contribution in [1.82, 2.24) is 9.55 Å². The molecule has 0 aromatic carbocycles. The minimum absolute atomic E-state index is 0. The molecule has 0 aliphatic rings. The fourth-order valence-corrected chi connectivity index (χ4v) is 1.60. The van der Waals surface area contributed by atoms with Crippen LogP contribution in [0.1, 0.15) is 37.0 Å². The average molecular weight is 308 g/mol. The number of imidazole rings is 1. The van der Waals surface area contributed by atoms with E-state index in [4.69, 9.17) is 0 Å². The van der Waals surface area contributed by atoms with Crippen LogP contribution in [0.5, 0.6) is 0 Å². The van der Waals surface area contributed by atoms with Gasteiger partial charge in [-0.3, -0.25) is 0 Å². The number of rotatable bonds is 1. The summed E-state index contributed by atoms with van der Waals surface area (Å²) in [4.78, 5) is 4.39. The third-order valence-corrected chi connectivity index (χ3v) is 2.09. The number of aromatic nitrogens is 2. The van der Waals surface area contributed by atoms with Crippen molar-refractivity contribution in [2.45, 2.75) is 33.6 Å². The molecule has 1 rings (SSSR count). The molecule has 0 unspecified atom stereocenters. The lowest BCUT2D eigenvalue weighted by Gasteiger charge is -2.07. The second-order valence-electron chi connectivity index (χ2n) is 3.34. The van der Waals surface area contributed by atoms with Gasteiger partial charge in [-0.15, -0.1) is 37.1 Å². The SMILES string of the molecule is C=C.Cc1nc(C)n(C)c1C(C)C.I. The Hall–Kier alpha value is -0.320. The molecule has 0 radical (unpaired) electrons. The fraction of sp³-hybridized carbons (Fsp3) is 0.545. The van der Waals surface area contributed by atoms with Crippen molar-refractivity contribution in [3.8, 4) is 0 Å². The molecule has 0 saturated carbocycles. The first-order valence-corrected chi connectivity index (χ1v) is 4.54. The van der Waals surface area contributed by atoms with E-state index < -0.39 is 0 Å². The van der Waals surface area contributed by atoms with E-state index in [9.17, 15) is 0 Å². The first-order valence-electron chi connectivity index (χ1n) is 4.54. The van der Waals surface area contributed by atoms with Gasteiger partial charge < -0.3 is 4.57 Å². The molecule has 1 aromatic rings. The van der Waals surface area contributed by atoms with Crippen molar-refractivity contribution in [2.75, 3.05) is 0 Å². The number of nitrogens with zero attached hydrogens (tertiary/aromatic N) is 2. The smallest absolute Gasteiger partial charge is 0.105 e. The van der Waals surface area contributed by atoms with E-state index in [0.29, 0.717) is 5.92 Å². The van der Waals surface area contributed by atoms with Crippen molar-refractivity contribution >= 4 is 24.0 Å². The Morgan fingerprint density at radius 2 is 1.64 bits per heavy atom. The molecule has 0 fully saturated rings. The normalized spacial score (nSPS) is 9.00. The molecule has 0 amide bonds. The highest BCUT2D eigenvalue weighted by atomic mass is 127. The second kappa shape index (κ2) is 7.04.